The third-order valence-electron chi connectivity index (χ3n) is 10.8. The third-order valence-corrected chi connectivity index (χ3v) is 12.0. The highest BCUT2D eigenvalue weighted by molar-refractivity contribution is 7.26. The first-order valence-corrected chi connectivity index (χ1v) is 18.7. The quantitative estimate of drug-likeness (QED) is 0.182. The second-order valence-corrected chi connectivity index (χ2v) is 14.8. The molecule has 0 radical (unpaired) electrons. The topological polar surface area (TPSA) is 49.3 Å². The van der Waals surface area contributed by atoms with Gasteiger partial charge in [-0.05, 0) is 39.1 Å². The number of hydrogen-bond acceptors (Lipinski definition) is 5. The molecule has 0 aliphatic carbocycles. The van der Waals surface area contributed by atoms with Gasteiger partial charge in [-0.15, -0.1) is 11.3 Å². The molecule has 0 amide bonds. The van der Waals surface area contributed by atoms with E-state index in [1.54, 1.807) is 0 Å². The van der Waals surface area contributed by atoms with Gasteiger partial charge in [0.25, 0.3) is 0 Å². The molecule has 2 N–H and O–H groups in total. The Hall–Kier alpha value is -6.08. The Morgan fingerprint density at radius 1 is 0.577 bits per heavy atom. The maximum absolute atomic E-state index is 5.42. The number of nitrogens with one attached hydrogen (secondary N) is 2. The summed E-state index contributed by atoms with van der Waals surface area (Å²) in [6, 6.07) is 56.7. The lowest BCUT2D eigenvalue weighted by Crippen LogP contribution is -2.46. The second-order valence-electron chi connectivity index (χ2n) is 13.8. The average molecular weight is 683 g/mol. The minimum absolute atomic E-state index is 0.168. The van der Waals surface area contributed by atoms with Crippen molar-refractivity contribution in [3.05, 3.63) is 174 Å². The fraction of sp³-hybridized carbons (Fsp3) is 0.0435. The molecule has 244 valence electrons. The van der Waals surface area contributed by atoms with Crippen molar-refractivity contribution in [1.29, 1.82) is 0 Å². The van der Waals surface area contributed by atoms with Gasteiger partial charge in [0.05, 0.1) is 15.9 Å². The summed E-state index contributed by atoms with van der Waals surface area (Å²) in [6.45, 7) is 0. The van der Waals surface area contributed by atoms with Crippen LogP contribution in [0, 0.1) is 0 Å². The molecule has 52 heavy (non-hydrogen) atoms. The number of thiophene rings is 1. The number of nitrogens with zero attached hydrogens (tertiary/aromatic N) is 2. The van der Waals surface area contributed by atoms with Crippen LogP contribution in [0.1, 0.15) is 29.0 Å². The van der Waals surface area contributed by atoms with E-state index in [0.29, 0.717) is 0 Å². The number of fused-ring (bicyclic) bond motifs is 9. The number of rotatable bonds is 4. The summed E-state index contributed by atoms with van der Waals surface area (Å²) in [4.78, 5) is 10.8. The zero-order valence-corrected chi connectivity index (χ0v) is 29.0. The monoisotopic (exact) mass is 682 g/mol. The zero-order valence-electron chi connectivity index (χ0n) is 28.2. The molecule has 0 saturated heterocycles. The van der Waals surface area contributed by atoms with Gasteiger partial charge in [-0.3, -0.25) is 5.32 Å². The van der Waals surface area contributed by atoms with Crippen molar-refractivity contribution in [3.63, 3.8) is 0 Å². The number of hydrogen-bond donors (Lipinski definition) is 2. The highest BCUT2D eigenvalue weighted by Crippen LogP contribution is 2.41. The van der Waals surface area contributed by atoms with E-state index < -0.39 is 0 Å². The van der Waals surface area contributed by atoms with Crippen LogP contribution in [0.2, 0.25) is 0 Å². The lowest BCUT2D eigenvalue weighted by atomic mass is 9.66. The summed E-state index contributed by atoms with van der Waals surface area (Å²) in [6.07, 6.45) is -0.401. The van der Waals surface area contributed by atoms with Gasteiger partial charge in [0.1, 0.15) is 18.2 Å². The smallest absolute Gasteiger partial charge is 0.194 e. The highest BCUT2D eigenvalue weighted by atomic mass is 32.1. The van der Waals surface area contributed by atoms with Crippen molar-refractivity contribution in [1.82, 2.24) is 15.6 Å². The molecule has 11 rings (SSSR count). The predicted molar refractivity (Wildman–Crippen MR) is 221 cm³/mol. The predicted octanol–water partition coefficient (Wildman–Crippen LogP) is 9.13. The lowest BCUT2D eigenvalue weighted by Gasteiger charge is -2.33. The largest absolute Gasteiger partial charge is 0.350 e. The summed E-state index contributed by atoms with van der Waals surface area (Å²) >= 11 is 1.83. The molecule has 4 heterocycles. The van der Waals surface area contributed by atoms with Gasteiger partial charge in [0, 0.05) is 32.0 Å². The maximum atomic E-state index is 5.42. The number of pyridine rings is 1. The van der Waals surface area contributed by atoms with Crippen LogP contribution in [0.3, 0.4) is 0 Å². The standard InChI is InChI=1S/C46H31BN4S/c1-2-13-30-27(11-1)12-9-19-35(30)45-49-44(50-46(51-45)37-20-10-18-32-31-14-5-7-21-38(31)47-40(32)37)29-25-23-28(24-26-29)41-33-15-3-4-16-34(33)43-42(48-41)36-17-6-8-22-39(36)52-43/h1-26,44,46-47,50H,(H,49,51). The van der Waals surface area contributed by atoms with E-state index >= 15 is 0 Å². The first-order valence-electron chi connectivity index (χ1n) is 17.9. The van der Waals surface area contributed by atoms with Crippen molar-refractivity contribution < 1.29 is 0 Å². The number of aliphatic imine (C=N–C) groups is 1. The van der Waals surface area contributed by atoms with Crippen LogP contribution in [0.4, 0.5) is 0 Å². The summed E-state index contributed by atoms with van der Waals surface area (Å²) in [7, 11) is 0.913. The SMILES string of the molecule is B1c2ccccc2-c2cccc(C3N=C(c4cccc5ccccc45)NC(c4ccc(-c5nc6c7ccccc7sc6c6ccccc56)cc4)N3)c21. The van der Waals surface area contributed by atoms with E-state index in [-0.39, 0.29) is 12.3 Å². The van der Waals surface area contributed by atoms with Gasteiger partial charge in [-0.25, -0.2) is 9.98 Å². The fourth-order valence-electron chi connectivity index (χ4n) is 8.33. The molecule has 0 spiro atoms. The minimum Gasteiger partial charge on any atom is -0.350 e. The lowest BCUT2D eigenvalue weighted by molar-refractivity contribution is 0.410. The molecule has 2 atom stereocenters. The fourth-order valence-corrected chi connectivity index (χ4v) is 9.52. The van der Waals surface area contributed by atoms with Gasteiger partial charge in [-0.1, -0.05) is 163 Å². The Labute approximate surface area is 305 Å². The Balaban J connectivity index is 1.02. The molecule has 9 aromatic rings. The number of amidine groups is 1. The molecule has 2 unspecified atom stereocenters. The molecule has 4 nitrogen and oxygen atoms in total. The molecule has 0 fully saturated rings. The molecular formula is C46H31BN4S. The van der Waals surface area contributed by atoms with Crippen molar-refractivity contribution in [2.24, 2.45) is 4.99 Å². The first kappa shape index (κ1) is 29.6. The van der Waals surface area contributed by atoms with Gasteiger partial charge in [0.15, 0.2) is 7.28 Å². The Morgan fingerprint density at radius 3 is 2.17 bits per heavy atom. The van der Waals surface area contributed by atoms with Crippen LogP contribution in [0.25, 0.3) is 64.2 Å². The van der Waals surface area contributed by atoms with Crippen LogP contribution in [-0.4, -0.2) is 18.1 Å². The first-order chi connectivity index (χ1) is 25.8. The molecule has 7 aromatic carbocycles. The molecule has 0 saturated carbocycles. The van der Waals surface area contributed by atoms with E-state index in [1.807, 2.05) is 11.3 Å². The Kier molecular flexibility index (Phi) is 6.69. The molecule has 2 aliphatic heterocycles. The highest BCUT2D eigenvalue weighted by Gasteiger charge is 2.30. The van der Waals surface area contributed by atoms with Gasteiger partial charge in [0.2, 0.25) is 0 Å². The van der Waals surface area contributed by atoms with E-state index in [0.717, 1.165) is 41.0 Å². The molecular weight excluding hydrogens is 651 g/mol. The Morgan fingerprint density at radius 2 is 1.27 bits per heavy atom. The van der Waals surface area contributed by atoms with Crippen molar-refractivity contribution in [3.8, 4) is 22.4 Å². The number of benzene rings is 7. The van der Waals surface area contributed by atoms with Crippen LogP contribution >= 0.6 is 11.3 Å². The number of aromatic nitrogens is 1. The van der Waals surface area contributed by atoms with Crippen molar-refractivity contribution in [2.45, 2.75) is 12.3 Å². The van der Waals surface area contributed by atoms with Crippen LogP contribution < -0.4 is 21.6 Å². The molecule has 6 heteroatoms. The average Bonchev–Trinajstić information content (AvgIpc) is 3.79. The van der Waals surface area contributed by atoms with Gasteiger partial charge >= 0.3 is 0 Å². The Bertz CT molecular complexity index is 2910. The van der Waals surface area contributed by atoms with E-state index in [4.69, 9.17) is 9.98 Å². The van der Waals surface area contributed by atoms with Crippen LogP contribution in [-0.2, 0) is 0 Å². The second kappa shape index (κ2) is 11.7. The van der Waals surface area contributed by atoms with Crippen molar-refractivity contribution >= 4 is 77.2 Å². The summed E-state index contributed by atoms with van der Waals surface area (Å²) in [5, 5.41) is 13.7. The normalized spacial score (nSPS) is 16.4. The van der Waals surface area contributed by atoms with E-state index in [2.05, 4.69) is 168 Å². The van der Waals surface area contributed by atoms with Gasteiger partial charge < -0.3 is 5.32 Å². The van der Waals surface area contributed by atoms with Crippen molar-refractivity contribution in [2.75, 3.05) is 0 Å². The molecule has 0 bridgehead atoms. The molecule has 2 aliphatic rings. The van der Waals surface area contributed by atoms with Gasteiger partial charge in [-0.2, -0.15) is 0 Å². The molecule has 2 aromatic heterocycles. The summed E-state index contributed by atoms with van der Waals surface area (Å²) in [5.41, 5.74) is 12.0. The third kappa shape index (κ3) is 4.65. The zero-order chi connectivity index (χ0) is 34.2. The summed E-state index contributed by atoms with van der Waals surface area (Å²) in [5.74, 6) is 0.894. The van der Waals surface area contributed by atoms with Crippen LogP contribution in [0.5, 0.6) is 0 Å². The van der Waals surface area contributed by atoms with E-state index in [1.165, 1.54) is 63.9 Å². The van der Waals surface area contributed by atoms with Crippen LogP contribution in [0.15, 0.2) is 163 Å². The maximum Gasteiger partial charge on any atom is 0.194 e. The minimum atomic E-state index is -0.232. The summed E-state index contributed by atoms with van der Waals surface area (Å²) < 4.78 is 2.51. The van der Waals surface area contributed by atoms with E-state index in [9.17, 15) is 0 Å².